The van der Waals surface area contributed by atoms with E-state index in [9.17, 15) is 19.5 Å². The van der Waals surface area contributed by atoms with Crippen LogP contribution in [0.15, 0.2) is 36.4 Å². The molecule has 0 aliphatic carbocycles. The molecular formula is C28H35N3O10. The number of phenols is 1. The molecule has 3 amide bonds. The third kappa shape index (κ3) is 6.45. The smallest absolute Gasteiger partial charge is 0.273 e. The fraction of sp³-hybridized carbons (Fsp3) is 0.536. The first kappa shape index (κ1) is 29.2. The van der Waals surface area contributed by atoms with Crippen LogP contribution in [0.4, 0.5) is 0 Å². The SMILES string of the molecule is CC(NC(=O)COC1C(C2COC(C)(C)O2)OC2OC(C)(C)OC21)C(=O)NNC(=O)c1cc2ccccc2cc1O. The van der Waals surface area contributed by atoms with E-state index < -0.39 is 72.7 Å². The van der Waals surface area contributed by atoms with E-state index in [0.29, 0.717) is 0 Å². The summed E-state index contributed by atoms with van der Waals surface area (Å²) in [6.07, 6.45) is -3.08. The molecule has 41 heavy (non-hydrogen) atoms. The fourth-order valence-corrected chi connectivity index (χ4v) is 5.10. The summed E-state index contributed by atoms with van der Waals surface area (Å²) >= 11 is 0. The number of carbonyl (C=O) groups is 3. The molecule has 0 bridgehead atoms. The summed E-state index contributed by atoms with van der Waals surface area (Å²) in [7, 11) is 0. The highest BCUT2D eigenvalue weighted by molar-refractivity contribution is 6.02. The molecule has 2 aromatic carbocycles. The molecule has 3 aliphatic heterocycles. The minimum absolute atomic E-state index is 0.0120. The Bertz CT molecular complexity index is 1330. The second-order valence-electron chi connectivity index (χ2n) is 11.2. The van der Waals surface area contributed by atoms with Gasteiger partial charge in [0.15, 0.2) is 17.9 Å². The summed E-state index contributed by atoms with van der Waals surface area (Å²) in [6.45, 7) is 8.42. The largest absolute Gasteiger partial charge is 0.507 e. The van der Waals surface area contributed by atoms with Crippen LogP contribution in [0.2, 0.25) is 0 Å². The average Bonchev–Trinajstić information content (AvgIpc) is 3.53. The number of fused-ring (bicyclic) bond motifs is 2. The van der Waals surface area contributed by atoms with Crippen LogP contribution in [0.5, 0.6) is 5.75 Å². The quantitative estimate of drug-likeness (QED) is 0.354. The molecule has 6 atom stereocenters. The van der Waals surface area contributed by atoms with Crippen molar-refractivity contribution < 1.29 is 47.9 Å². The molecule has 3 saturated heterocycles. The van der Waals surface area contributed by atoms with Crippen molar-refractivity contribution in [2.24, 2.45) is 0 Å². The number of hydrogen-bond donors (Lipinski definition) is 4. The van der Waals surface area contributed by atoms with Crippen molar-refractivity contribution in [3.8, 4) is 5.75 Å². The molecule has 13 nitrogen and oxygen atoms in total. The molecule has 3 fully saturated rings. The second-order valence-corrected chi connectivity index (χ2v) is 11.2. The number of ether oxygens (including phenoxy) is 6. The van der Waals surface area contributed by atoms with Crippen LogP contribution in [0.25, 0.3) is 10.8 Å². The third-order valence-corrected chi connectivity index (χ3v) is 7.01. The van der Waals surface area contributed by atoms with Crippen molar-refractivity contribution >= 4 is 28.5 Å². The normalized spacial score (nSPS) is 28.7. The van der Waals surface area contributed by atoms with Gasteiger partial charge in [-0.25, -0.2) is 0 Å². The first-order chi connectivity index (χ1) is 19.3. The molecule has 0 aromatic heterocycles. The number of hydrazine groups is 1. The molecule has 6 unspecified atom stereocenters. The van der Waals surface area contributed by atoms with Crippen LogP contribution >= 0.6 is 0 Å². The Morgan fingerprint density at radius 3 is 2.39 bits per heavy atom. The van der Waals surface area contributed by atoms with E-state index in [0.717, 1.165) is 10.8 Å². The van der Waals surface area contributed by atoms with Gasteiger partial charge in [-0.1, -0.05) is 24.3 Å². The maximum absolute atomic E-state index is 12.7. The van der Waals surface area contributed by atoms with Gasteiger partial charge in [-0.2, -0.15) is 0 Å². The topological polar surface area (TPSA) is 163 Å². The maximum Gasteiger partial charge on any atom is 0.273 e. The van der Waals surface area contributed by atoms with Crippen molar-refractivity contribution in [1.82, 2.24) is 16.2 Å². The summed E-state index contributed by atoms with van der Waals surface area (Å²) < 4.78 is 35.4. The number of hydrogen-bond acceptors (Lipinski definition) is 10. The van der Waals surface area contributed by atoms with Crippen molar-refractivity contribution in [2.75, 3.05) is 13.2 Å². The average molecular weight is 574 g/mol. The maximum atomic E-state index is 12.7. The Balaban J connectivity index is 1.13. The Labute approximate surface area is 236 Å². The van der Waals surface area contributed by atoms with Crippen LogP contribution < -0.4 is 16.2 Å². The first-order valence-electron chi connectivity index (χ1n) is 13.4. The van der Waals surface area contributed by atoms with Gasteiger partial charge >= 0.3 is 0 Å². The van der Waals surface area contributed by atoms with E-state index in [1.807, 2.05) is 12.1 Å². The zero-order valence-electron chi connectivity index (χ0n) is 23.5. The van der Waals surface area contributed by atoms with E-state index in [-0.39, 0.29) is 17.9 Å². The van der Waals surface area contributed by atoms with E-state index in [1.54, 1.807) is 39.8 Å². The van der Waals surface area contributed by atoms with Crippen molar-refractivity contribution in [3.05, 3.63) is 42.0 Å². The number of rotatable bonds is 7. The fourth-order valence-electron chi connectivity index (χ4n) is 5.10. The number of carbonyl (C=O) groups excluding carboxylic acids is 3. The molecule has 2 aromatic rings. The summed E-state index contributed by atoms with van der Waals surface area (Å²) in [5.41, 5.74) is 4.50. The van der Waals surface area contributed by atoms with Gasteiger partial charge in [-0.15, -0.1) is 0 Å². The first-order valence-corrected chi connectivity index (χ1v) is 13.4. The molecule has 0 radical (unpaired) electrons. The summed E-state index contributed by atoms with van der Waals surface area (Å²) in [5, 5.41) is 14.3. The summed E-state index contributed by atoms with van der Waals surface area (Å²) in [6, 6.07) is 9.19. The van der Waals surface area contributed by atoms with E-state index >= 15 is 0 Å². The van der Waals surface area contributed by atoms with Crippen LogP contribution in [-0.2, 0) is 38.0 Å². The number of phenolic OH excluding ortho intramolecular Hbond substituents is 1. The van der Waals surface area contributed by atoms with Crippen LogP contribution in [0.3, 0.4) is 0 Å². The molecule has 3 heterocycles. The molecule has 222 valence electrons. The molecule has 0 spiro atoms. The van der Waals surface area contributed by atoms with Gasteiger partial charge in [0.25, 0.3) is 11.8 Å². The van der Waals surface area contributed by atoms with E-state index in [4.69, 9.17) is 28.4 Å². The Morgan fingerprint density at radius 1 is 1.00 bits per heavy atom. The van der Waals surface area contributed by atoms with E-state index in [1.165, 1.54) is 19.1 Å². The highest BCUT2D eigenvalue weighted by Gasteiger charge is 2.59. The highest BCUT2D eigenvalue weighted by Crippen LogP contribution is 2.41. The highest BCUT2D eigenvalue weighted by atomic mass is 16.8. The number of nitrogens with one attached hydrogen (secondary N) is 3. The standard InChI is InChI=1S/C28H35N3O10/c1-14(24(34)30-31-25(35)17-10-15-8-6-7-9-16(15)11-18(17)32)29-20(33)13-36-22-21(19-12-37-27(2,3)39-19)38-26-23(22)40-28(4,5)41-26/h6-11,14,19,21-23,26,32H,12-13H2,1-5H3,(H,29,33)(H,30,34)(H,31,35). The lowest BCUT2D eigenvalue weighted by atomic mass is 10.1. The van der Waals surface area contributed by atoms with Gasteiger partial charge in [-0.3, -0.25) is 25.2 Å². The zero-order valence-corrected chi connectivity index (χ0v) is 23.5. The lowest BCUT2D eigenvalue weighted by Crippen LogP contribution is -2.52. The molecular weight excluding hydrogens is 538 g/mol. The molecule has 0 saturated carbocycles. The van der Waals surface area contributed by atoms with E-state index in [2.05, 4.69) is 16.2 Å². The number of aromatic hydroxyl groups is 1. The monoisotopic (exact) mass is 573 g/mol. The number of amides is 3. The van der Waals surface area contributed by atoms with Gasteiger partial charge in [0.1, 0.15) is 42.8 Å². The van der Waals surface area contributed by atoms with Gasteiger partial charge in [0.05, 0.1) is 12.2 Å². The van der Waals surface area contributed by atoms with Gasteiger partial charge in [-0.05, 0) is 57.5 Å². The van der Waals surface area contributed by atoms with Gasteiger partial charge in [0.2, 0.25) is 5.91 Å². The van der Waals surface area contributed by atoms with Crippen molar-refractivity contribution in [2.45, 2.75) is 82.9 Å². The third-order valence-electron chi connectivity index (χ3n) is 7.01. The lowest BCUT2D eigenvalue weighted by molar-refractivity contribution is -0.235. The summed E-state index contributed by atoms with van der Waals surface area (Å²) in [4.78, 5) is 37.8. The molecule has 4 N–H and O–H groups in total. The lowest BCUT2D eigenvalue weighted by Gasteiger charge is -2.29. The van der Waals surface area contributed by atoms with Gasteiger partial charge in [0, 0.05) is 0 Å². The van der Waals surface area contributed by atoms with Crippen LogP contribution in [0.1, 0.15) is 45.0 Å². The zero-order chi connectivity index (χ0) is 29.5. The van der Waals surface area contributed by atoms with Crippen LogP contribution in [0, 0.1) is 0 Å². The second kappa shape index (κ2) is 11.2. The van der Waals surface area contributed by atoms with Crippen LogP contribution in [-0.4, -0.2) is 84.4 Å². The molecule has 3 aliphatic rings. The van der Waals surface area contributed by atoms with Crippen molar-refractivity contribution in [1.29, 1.82) is 0 Å². The molecule has 13 heteroatoms. The molecule has 5 rings (SSSR count). The van der Waals surface area contributed by atoms with Gasteiger partial charge < -0.3 is 38.8 Å². The number of benzene rings is 2. The minimum Gasteiger partial charge on any atom is -0.507 e. The van der Waals surface area contributed by atoms with Crippen molar-refractivity contribution in [3.63, 3.8) is 0 Å². The Kier molecular flexibility index (Phi) is 7.94. The Hall–Kier alpha value is -3.33. The Morgan fingerprint density at radius 2 is 1.71 bits per heavy atom. The summed E-state index contributed by atoms with van der Waals surface area (Å²) in [5.74, 6) is -3.88. The predicted octanol–water partition coefficient (Wildman–Crippen LogP) is 1.22. The minimum atomic E-state index is -1.02. The predicted molar refractivity (Wildman–Crippen MR) is 142 cm³/mol.